The first-order valence-corrected chi connectivity index (χ1v) is 12.0. The summed E-state index contributed by atoms with van der Waals surface area (Å²) in [6.45, 7) is 10.5. The predicted molar refractivity (Wildman–Crippen MR) is 136 cm³/mol. The molecule has 0 unspecified atom stereocenters. The number of nitrogens with one attached hydrogen (secondary N) is 1. The van der Waals surface area contributed by atoms with Crippen molar-refractivity contribution < 1.29 is 4.74 Å². The SMILES string of the molecule is CC(C)COc1cccc2c3c4cc[nH]c4ccc3c3c4c(nn3c12)CCN(C(C)(C)C#N)C4. The van der Waals surface area contributed by atoms with Crippen molar-refractivity contribution in [1.29, 1.82) is 5.26 Å². The Kier molecular flexibility index (Phi) is 4.62. The summed E-state index contributed by atoms with van der Waals surface area (Å²) in [7, 11) is 0. The highest BCUT2D eigenvalue weighted by Crippen LogP contribution is 2.41. The van der Waals surface area contributed by atoms with Crippen LogP contribution >= 0.6 is 0 Å². The molecule has 0 saturated heterocycles. The van der Waals surface area contributed by atoms with Gasteiger partial charge in [-0.25, -0.2) is 4.52 Å². The van der Waals surface area contributed by atoms with E-state index in [-0.39, 0.29) is 0 Å². The van der Waals surface area contributed by atoms with Crippen LogP contribution in [0.2, 0.25) is 0 Å². The van der Waals surface area contributed by atoms with E-state index >= 15 is 0 Å². The first kappa shape index (κ1) is 21.0. The fraction of sp³-hybridized carbons (Fsp3) is 0.357. The molecule has 0 aliphatic carbocycles. The van der Waals surface area contributed by atoms with Crippen LogP contribution in [0, 0.1) is 17.2 Å². The molecule has 1 aliphatic rings. The number of ether oxygens (including phenoxy) is 1. The minimum absolute atomic E-state index is 0.426. The van der Waals surface area contributed by atoms with Gasteiger partial charge in [-0.05, 0) is 38.0 Å². The van der Waals surface area contributed by atoms with Gasteiger partial charge in [-0.3, -0.25) is 4.90 Å². The maximum absolute atomic E-state index is 9.77. The molecule has 0 amide bonds. The number of H-pyrrole nitrogens is 1. The van der Waals surface area contributed by atoms with Crippen molar-refractivity contribution in [2.75, 3.05) is 13.2 Å². The zero-order valence-electron chi connectivity index (χ0n) is 20.1. The number of hydrogen-bond donors (Lipinski definition) is 1. The third-order valence-electron chi connectivity index (χ3n) is 7.14. The highest BCUT2D eigenvalue weighted by molar-refractivity contribution is 6.24. The summed E-state index contributed by atoms with van der Waals surface area (Å²) >= 11 is 0. The number of aromatic amines is 1. The van der Waals surface area contributed by atoms with E-state index in [1.165, 1.54) is 21.7 Å². The van der Waals surface area contributed by atoms with Crippen molar-refractivity contribution in [2.45, 2.75) is 46.2 Å². The Morgan fingerprint density at radius 1 is 1.12 bits per heavy atom. The average Bonchev–Trinajstić information content (AvgIpc) is 3.46. The highest BCUT2D eigenvalue weighted by Gasteiger charge is 2.33. The molecule has 172 valence electrons. The van der Waals surface area contributed by atoms with Crippen molar-refractivity contribution in [3.05, 3.63) is 53.9 Å². The molecule has 0 fully saturated rings. The smallest absolute Gasteiger partial charge is 0.145 e. The van der Waals surface area contributed by atoms with Gasteiger partial charge in [0.25, 0.3) is 0 Å². The third kappa shape index (κ3) is 3.00. The Morgan fingerprint density at radius 2 is 1.94 bits per heavy atom. The largest absolute Gasteiger partial charge is 0.491 e. The van der Waals surface area contributed by atoms with E-state index in [4.69, 9.17) is 9.84 Å². The maximum atomic E-state index is 9.77. The van der Waals surface area contributed by atoms with Gasteiger partial charge in [-0.15, -0.1) is 0 Å². The number of para-hydroxylation sites is 1. The van der Waals surface area contributed by atoms with Crippen LogP contribution in [0.1, 0.15) is 39.0 Å². The molecular weight excluding hydrogens is 422 g/mol. The summed E-state index contributed by atoms with van der Waals surface area (Å²) in [4.78, 5) is 5.64. The third-order valence-corrected chi connectivity index (χ3v) is 7.14. The quantitative estimate of drug-likeness (QED) is 0.350. The number of fused-ring (bicyclic) bond motifs is 10. The number of rotatable bonds is 4. The number of hydrogen-bond acceptors (Lipinski definition) is 4. The van der Waals surface area contributed by atoms with Crippen molar-refractivity contribution >= 4 is 38.1 Å². The molecule has 34 heavy (non-hydrogen) atoms. The van der Waals surface area contributed by atoms with Gasteiger partial charge in [-0.1, -0.05) is 32.0 Å². The first-order valence-electron chi connectivity index (χ1n) is 12.0. The fourth-order valence-corrected chi connectivity index (χ4v) is 5.30. The van der Waals surface area contributed by atoms with Crippen LogP contribution in [-0.4, -0.2) is 38.2 Å². The highest BCUT2D eigenvalue weighted by atomic mass is 16.5. The zero-order valence-corrected chi connectivity index (χ0v) is 20.1. The predicted octanol–water partition coefficient (Wildman–Crippen LogP) is 5.82. The van der Waals surface area contributed by atoms with Crippen LogP contribution in [0.3, 0.4) is 0 Å². The molecule has 6 rings (SSSR count). The van der Waals surface area contributed by atoms with E-state index in [1.807, 2.05) is 20.0 Å². The fourth-order valence-electron chi connectivity index (χ4n) is 5.30. The van der Waals surface area contributed by atoms with E-state index in [0.717, 1.165) is 46.3 Å². The standard InChI is InChI=1S/C28H29N5O/c1-17(2)15-34-24-7-5-6-19-25-18-10-12-30-22(18)9-8-20(25)26-21-14-32(28(3,4)16-29)13-11-23(21)31-33(26)27(19)24/h5-10,12,17,30H,11,13-15H2,1-4H3. The lowest BCUT2D eigenvalue weighted by Gasteiger charge is -2.35. The Balaban J connectivity index is 1.73. The molecule has 6 heteroatoms. The van der Waals surface area contributed by atoms with E-state index in [1.54, 1.807) is 0 Å². The van der Waals surface area contributed by atoms with Crippen LogP contribution in [0.5, 0.6) is 5.75 Å². The molecule has 0 atom stereocenters. The second kappa shape index (κ2) is 7.48. The van der Waals surface area contributed by atoms with Gasteiger partial charge >= 0.3 is 0 Å². The van der Waals surface area contributed by atoms with Gasteiger partial charge in [0.1, 0.15) is 16.8 Å². The molecule has 0 spiro atoms. The van der Waals surface area contributed by atoms with Gasteiger partial charge < -0.3 is 9.72 Å². The van der Waals surface area contributed by atoms with Crippen molar-refractivity contribution in [3.8, 4) is 11.8 Å². The van der Waals surface area contributed by atoms with Gasteiger partial charge in [0.2, 0.25) is 0 Å². The minimum Gasteiger partial charge on any atom is -0.491 e. The summed E-state index contributed by atoms with van der Waals surface area (Å²) in [5, 5.41) is 19.7. The molecular formula is C28H29N5O. The number of pyridine rings is 1. The van der Waals surface area contributed by atoms with Gasteiger partial charge in [0, 0.05) is 58.3 Å². The first-order chi connectivity index (χ1) is 16.4. The molecule has 2 aromatic carbocycles. The van der Waals surface area contributed by atoms with Gasteiger partial charge in [-0.2, -0.15) is 10.4 Å². The molecule has 0 saturated carbocycles. The molecule has 0 bridgehead atoms. The summed E-state index contributed by atoms with van der Waals surface area (Å²) in [6, 6.07) is 15.3. The number of benzene rings is 2. The lowest BCUT2D eigenvalue weighted by atomic mass is 9.95. The van der Waals surface area contributed by atoms with Crippen LogP contribution in [0.25, 0.3) is 38.1 Å². The van der Waals surface area contributed by atoms with Crippen LogP contribution in [0.4, 0.5) is 0 Å². The Hall–Kier alpha value is -3.56. The van der Waals surface area contributed by atoms with E-state index in [0.29, 0.717) is 19.1 Å². The van der Waals surface area contributed by atoms with E-state index in [9.17, 15) is 5.26 Å². The summed E-state index contributed by atoms with van der Waals surface area (Å²) in [5.41, 5.74) is 5.06. The molecule has 1 aliphatic heterocycles. The summed E-state index contributed by atoms with van der Waals surface area (Å²) in [5.74, 6) is 1.29. The Morgan fingerprint density at radius 3 is 2.74 bits per heavy atom. The van der Waals surface area contributed by atoms with Gasteiger partial charge in [0.15, 0.2) is 0 Å². The minimum atomic E-state index is -0.530. The lowest BCUT2D eigenvalue weighted by molar-refractivity contribution is 0.151. The number of nitriles is 1. The second-order valence-corrected chi connectivity index (χ2v) is 10.3. The monoisotopic (exact) mass is 451 g/mol. The normalized spacial score (nSPS) is 14.9. The molecule has 3 aromatic heterocycles. The summed E-state index contributed by atoms with van der Waals surface area (Å²) < 4.78 is 8.44. The lowest BCUT2D eigenvalue weighted by Crippen LogP contribution is -2.45. The number of aromatic nitrogens is 3. The van der Waals surface area contributed by atoms with Crippen molar-refractivity contribution in [3.63, 3.8) is 0 Å². The average molecular weight is 452 g/mol. The van der Waals surface area contributed by atoms with Crippen molar-refractivity contribution in [1.82, 2.24) is 19.5 Å². The van der Waals surface area contributed by atoms with Crippen LogP contribution in [-0.2, 0) is 13.0 Å². The van der Waals surface area contributed by atoms with Crippen LogP contribution in [0.15, 0.2) is 42.6 Å². The molecule has 6 nitrogen and oxygen atoms in total. The maximum Gasteiger partial charge on any atom is 0.145 e. The van der Waals surface area contributed by atoms with Gasteiger partial charge in [0.05, 0.1) is 23.9 Å². The van der Waals surface area contributed by atoms with E-state index < -0.39 is 5.54 Å². The Bertz CT molecular complexity index is 1620. The number of nitrogens with zero attached hydrogens (tertiary/aromatic N) is 4. The molecule has 5 aromatic rings. The van der Waals surface area contributed by atoms with E-state index in [2.05, 4.69) is 70.7 Å². The second-order valence-electron chi connectivity index (χ2n) is 10.3. The van der Waals surface area contributed by atoms with Crippen molar-refractivity contribution in [2.24, 2.45) is 5.92 Å². The summed E-state index contributed by atoms with van der Waals surface area (Å²) in [6.07, 6.45) is 2.83. The molecule has 1 N–H and O–H groups in total. The molecule has 0 radical (unpaired) electrons. The Labute approximate surface area is 198 Å². The molecule has 4 heterocycles. The topological polar surface area (TPSA) is 69.3 Å². The zero-order chi connectivity index (χ0) is 23.6. The van der Waals surface area contributed by atoms with Crippen LogP contribution < -0.4 is 4.74 Å².